The minimum absolute atomic E-state index is 0.220. The third kappa shape index (κ3) is 4.94. The molecule has 2 aromatic carbocycles. The van der Waals surface area contributed by atoms with Gasteiger partial charge in [-0.05, 0) is 60.8 Å². The van der Waals surface area contributed by atoms with Crippen LogP contribution in [0.1, 0.15) is 30.4 Å². The van der Waals surface area contributed by atoms with Crippen molar-refractivity contribution in [3.63, 3.8) is 0 Å². The largest absolute Gasteiger partial charge is 0.371 e. The lowest BCUT2D eigenvalue weighted by atomic mass is 10.1. The minimum Gasteiger partial charge on any atom is -0.371 e. The second kappa shape index (κ2) is 8.99. The molecular weight excluding hydrogens is 345 g/mol. The van der Waals surface area contributed by atoms with Crippen molar-refractivity contribution in [2.45, 2.75) is 32.4 Å². The summed E-state index contributed by atoms with van der Waals surface area (Å²) in [6, 6.07) is 15.1. The molecule has 1 fully saturated rings. The fourth-order valence-corrected chi connectivity index (χ4v) is 3.47. The van der Waals surface area contributed by atoms with Crippen LogP contribution >= 0.6 is 12.2 Å². The zero-order valence-corrected chi connectivity index (χ0v) is 16.1. The van der Waals surface area contributed by atoms with E-state index < -0.39 is 0 Å². The summed E-state index contributed by atoms with van der Waals surface area (Å²) in [5.41, 5.74) is 3.62. The molecule has 0 aromatic heterocycles. The summed E-state index contributed by atoms with van der Waals surface area (Å²) in [5, 5.41) is 3.96. The highest BCUT2D eigenvalue weighted by Gasteiger charge is 2.15. The molecule has 26 heavy (non-hydrogen) atoms. The first kappa shape index (κ1) is 18.6. The minimum atomic E-state index is -0.220. The van der Waals surface area contributed by atoms with Gasteiger partial charge in [0.05, 0.1) is 0 Å². The number of nitrogens with zero attached hydrogens (tertiary/aromatic N) is 2. The van der Waals surface area contributed by atoms with E-state index >= 15 is 0 Å². The number of hydrogen-bond donors (Lipinski definition) is 1. The molecule has 138 valence electrons. The van der Waals surface area contributed by atoms with E-state index in [1.165, 1.54) is 42.6 Å². The number of halogens is 1. The van der Waals surface area contributed by atoms with E-state index in [2.05, 4.69) is 39.4 Å². The lowest BCUT2D eigenvalue weighted by Crippen LogP contribution is -2.37. The van der Waals surface area contributed by atoms with E-state index in [1.54, 1.807) is 12.1 Å². The summed E-state index contributed by atoms with van der Waals surface area (Å²) in [6.07, 6.45) is 3.86. The Morgan fingerprint density at radius 3 is 2.50 bits per heavy atom. The molecule has 0 amide bonds. The summed E-state index contributed by atoms with van der Waals surface area (Å²) in [4.78, 5) is 4.54. The molecule has 3 rings (SSSR count). The Balaban J connectivity index is 1.59. The standard InChI is InChI=1S/C21H26FN3S/c1-24(21(26)23-15-17-9-11-19(22)12-10-17)16-18-7-3-4-8-20(18)25-13-5-2-6-14-25/h3-4,7-12H,2,5-6,13-16H2,1H3,(H,23,26). The molecule has 5 heteroatoms. The number of hydrogen-bond acceptors (Lipinski definition) is 2. The van der Waals surface area contributed by atoms with Crippen molar-refractivity contribution in [3.8, 4) is 0 Å². The Morgan fingerprint density at radius 1 is 1.08 bits per heavy atom. The van der Waals surface area contributed by atoms with Crippen molar-refractivity contribution >= 4 is 23.0 Å². The second-order valence-corrected chi connectivity index (χ2v) is 7.20. The number of anilines is 1. The number of rotatable bonds is 5. The first-order valence-corrected chi connectivity index (χ1v) is 9.60. The SMILES string of the molecule is CN(Cc1ccccc1N1CCCCC1)C(=S)NCc1ccc(F)cc1. The molecule has 0 bridgehead atoms. The fourth-order valence-electron chi connectivity index (χ4n) is 3.33. The molecule has 0 unspecified atom stereocenters. The van der Waals surface area contributed by atoms with Gasteiger partial charge in [0, 0.05) is 38.9 Å². The van der Waals surface area contributed by atoms with Crippen LogP contribution in [0.5, 0.6) is 0 Å². The van der Waals surface area contributed by atoms with Gasteiger partial charge in [0.15, 0.2) is 5.11 Å². The van der Waals surface area contributed by atoms with E-state index in [0.29, 0.717) is 11.7 Å². The van der Waals surface area contributed by atoms with Gasteiger partial charge in [-0.2, -0.15) is 0 Å². The van der Waals surface area contributed by atoms with E-state index in [9.17, 15) is 4.39 Å². The topological polar surface area (TPSA) is 18.5 Å². The molecule has 1 aliphatic rings. The van der Waals surface area contributed by atoms with Crippen molar-refractivity contribution in [3.05, 3.63) is 65.5 Å². The molecule has 0 spiro atoms. The van der Waals surface area contributed by atoms with Crippen molar-refractivity contribution in [1.82, 2.24) is 10.2 Å². The fraction of sp³-hybridized carbons (Fsp3) is 0.381. The van der Waals surface area contributed by atoms with Crippen molar-refractivity contribution in [2.24, 2.45) is 0 Å². The van der Waals surface area contributed by atoms with Gasteiger partial charge < -0.3 is 15.1 Å². The average molecular weight is 372 g/mol. The van der Waals surface area contributed by atoms with E-state index in [1.807, 2.05) is 7.05 Å². The Kier molecular flexibility index (Phi) is 6.45. The Labute approximate surface area is 160 Å². The molecule has 2 aromatic rings. The first-order valence-electron chi connectivity index (χ1n) is 9.20. The summed E-state index contributed by atoms with van der Waals surface area (Å²) in [6.45, 7) is 3.63. The number of piperidine rings is 1. The third-order valence-corrected chi connectivity index (χ3v) is 5.26. The Hall–Kier alpha value is -2.14. The van der Waals surface area contributed by atoms with Crippen LogP contribution in [0.15, 0.2) is 48.5 Å². The van der Waals surface area contributed by atoms with Crippen LogP contribution in [-0.2, 0) is 13.1 Å². The molecule has 0 saturated carbocycles. The monoisotopic (exact) mass is 371 g/mol. The Morgan fingerprint density at radius 2 is 1.77 bits per heavy atom. The Bertz CT molecular complexity index is 726. The van der Waals surface area contributed by atoms with Gasteiger partial charge in [-0.1, -0.05) is 30.3 Å². The third-order valence-electron chi connectivity index (χ3n) is 4.80. The second-order valence-electron chi connectivity index (χ2n) is 6.82. The lowest BCUT2D eigenvalue weighted by Gasteiger charge is -2.32. The maximum absolute atomic E-state index is 13.0. The van der Waals surface area contributed by atoms with E-state index in [4.69, 9.17) is 12.2 Å². The molecule has 1 N–H and O–H groups in total. The molecule has 3 nitrogen and oxygen atoms in total. The summed E-state index contributed by atoms with van der Waals surface area (Å²) in [5.74, 6) is -0.220. The number of thiocarbonyl (C=S) groups is 1. The van der Waals surface area contributed by atoms with Crippen LogP contribution in [-0.4, -0.2) is 30.1 Å². The van der Waals surface area contributed by atoms with Crippen LogP contribution in [0.3, 0.4) is 0 Å². The summed E-state index contributed by atoms with van der Waals surface area (Å²) in [7, 11) is 2.01. The normalized spacial score (nSPS) is 14.2. The molecule has 1 heterocycles. The van der Waals surface area contributed by atoms with Gasteiger partial charge in [0.25, 0.3) is 0 Å². The van der Waals surface area contributed by atoms with Gasteiger partial charge in [-0.25, -0.2) is 4.39 Å². The zero-order chi connectivity index (χ0) is 18.4. The molecule has 1 saturated heterocycles. The molecule has 0 aliphatic carbocycles. The van der Waals surface area contributed by atoms with E-state index in [0.717, 1.165) is 25.2 Å². The highest BCUT2D eigenvalue weighted by atomic mass is 32.1. The van der Waals surface area contributed by atoms with Gasteiger partial charge >= 0.3 is 0 Å². The van der Waals surface area contributed by atoms with Gasteiger partial charge in [-0.15, -0.1) is 0 Å². The van der Waals surface area contributed by atoms with Crippen molar-refractivity contribution in [2.75, 3.05) is 25.0 Å². The first-order chi connectivity index (χ1) is 12.6. The van der Waals surface area contributed by atoms with Gasteiger partial charge in [-0.3, -0.25) is 0 Å². The quantitative estimate of drug-likeness (QED) is 0.789. The van der Waals surface area contributed by atoms with Crippen LogP contribution in [0.25, 0.3) is 0 Å². The number of para-hydroxylation sites is 1. The maximum atomic E-state index is 13.0. The number of benzene rings is 2. The summed E-state index contributed by atoms with van der Waals surface area (Å²) >= 11 is 5.53. The van der Waals surface area contributed by atoms with Gasteiger partial charge in [0.1, 0.15) is 5.82 Å². The molecular formula is C21H26FN3S. The summed E-state index contributed by atoms with van der Waals surface area (Å²) < 4.78 is 13.0. The molecule has 0 atom stereocenters. The highest BCUT2D eigenvalue weighted by Crippen LogP contribution is 2.25. The van der Waals surface area contributed by atoms with Crippen LogP contribution in [0.4, 0.5) is 10.1 Å². The van der Waals surface area contributed by atoms with Crippen LogP contribution in [0, 0.1) is 5.82 Å². The smallest absolute Gasteiger partial charge is 0.169 e. The van der Waals surface area contributed by atoms with Gasteiger partial charge in [0.2, 0.25) is 0 Å². The number of nitrogens with one attached hydrogen (secondary N) is 1. The average Bonchev–Trinajstić information content (AvgIpc) is 2.68. The lowest BCUT2D eigenvalue weighted by molar-refractivity contribution is 0.486. The van der Waals surface area contributed by atoms with Crippen molar-refractivity contribution < 1.29 is 4.39 Å². The van der Waals surface area contributed by atoms with Crippen LogP contribution in [0.2, 0.25) is 0 Å². The van der Waals surface area contributed by atoms with Crippen LogP contribution < -0.4 is 10.2 Å². The highest BCUT2D eigenvalue weighted by molar-refractivity contribution is 7.80. The molecule has 0 radical (unpaired) electrons. The maximum Gasteiger partial charge on any atom is 0.169 e. The van der Waals surface area contributed by atoms with E-state index in [-0.39, 0.29) is 5.82 Å². The zero-order valence-electron chi connectivity index (χ0n) is 15.2. The predicted octanol–water partition coefficient (Wildman–Crippen LogP) is 4.32. The predicted molar refractivity (Wildman–Crippen MR) is 110 cm³/mol. The van der Waals surface area contributed by atoms with Crippen molar-refractivity contribution in [1.29, 1.82) is 0 Å². The molecule has 1 aliphatic heterocycles.